The fraction of sp³-hybridized carbons (Fsp3) is 0.538. The third kappa shape index (κ3) is 3.02. The van der Waals surface area contributed by atoms with Crippen LogP contribution in [0.4, 0.5) is 0 Å². The second kappa shape index (κ2) is 5.81. The van der Waals surface area contributed by atoms with Gasteiger partial charge in [-0.05, 0) is 43.3 Å². The minimum atomic E-state index is 0.608. The number of aromatic nitrogens is 2. The van der Waals surface area contributed by atoms with E-state index in [4.69, 9.17) is 10.3 Å². The van der Waals surface area contributed by atoms with Gasteiger partial charge in [-0.25, -0.2) is 0 Å². The van der Waals surface area contributed by atoms with Crippen LogP contribution in [-0.2, 0) is 6.54 Å². The molecular weight excluding hydrogens is 260 g/mol. The predicted molar refractivity (Wildman–Crippen MR) is 74.7 cm³/mol. The average molecular weight is 278 g/mol. The van der Waals surface area contributed by atoms with E-state index in [1.165, 1.54) is 12.8 Å². The normalized spacial score (nSPS) is 20.8. The van der Waals surface area contributed by atoms with Gasteiger partial charge < -0.3 is 10.3 Å². The molecule has 1 aliphatic rings. The Hall–Kier alpha value is -1.24. The zero-order valence-corrected chi connectivity index (χ0v) is 11.6. The van der Waals surface area contributed by atoms with E-state index in [1.807, 2.05) is 16.8 Å². The Kier molecular flexibility index (Phi) is 3.91. The Morgan fingerprint density at radius 1 is 1.53 bits per heavy atom. The molecule has 0 radical (unpaired) electrons. The molecule has 0 spiro atoms. The summed E-state index contributed by atoms with van der Waals surface area (Å²) in [7, 11) is 0. The molecule has 0 aliphatic carbocycles. The van der Waals surface area contributed by atoms with Gasteiger partial charge >= 0.3 is 0 Å². The quantitative estimate of drug-likeness (QED) is 0.926. The second-order valence-corrected chi connectivity index (χ2v) is 5.79. The molecule has 2 aromatic heterocycles. The van der Waals surface area contributed by atoms with Crippen LogP contribution in [0.2, 0.25) is 0 Å². The van der Waals surface area contributed by atoms with Gasteiger partial charge in [-0.3, -0.25) is 4.90 Å². The van der Waals surface area contributed by atoms with Crippen molar-refractivity contribution >= 4 is 11.3 Å². The highest BCUT2D eigenvalue weighted by molar-refractivity contribution is 7.08. The third-order valence-electron chi connectivity index (χ3n) is 3.54. The number of rotatable bonds is 4. The first-order chi connectivity index (χ1) is 9.35. The van der Waals surface area contributed by atoms with Crippen molar-refractivity contribution in [2.45, 2.75) is 19.4 Å². The Morgan fingerprint density at radius 3 is 3.26 bits per heavy atom. The molecule has 19 heavy (non-hydrogen) atoms. The number of nitrogens with two attached hydrogens (primary N) is 1. The largest absolute Gasteiger partial charge is 0.334 e. The lowest BCUT2D eigenvalue weighted by molar-refractivity contribution is 0.166. The van der Waals surface area contributed by atoms with Gasteiger partial charge in [0.1, 0.15) is 0 Å². The highest BCUT2D eigenvalue weighted by atomic mass is 32.1. The van der Waals surface area contributed by atoms with Gasteiger partial charge in [0.05, 0.1) is 12.1 Å². The SMILES string of the molecule is NCC1CCCN(Cc2noc(-c3ccsc3)n2)C1. The number of nitrogens with zero attached hydrogens (tertiary/aromatic N) is 3. The van der Waals surface area contributed by atoms with Crippen molar-refractivity contribution in [2.24, 2.45) is 11.7 Å². The number of hydrogen-bond donors (Lipinski definition) is 1. The van der Waals surface area contributed by atoms with Gasteiger partial charge in [0, 0.05) is 11.9 Å². The molecule has 2 N–H and O–H groups in total. The maximum atomic E-state index is 5.75. The maximum absolute atomic E-state index is 5.75. The second-order valence-electron chi connectivity index (χ2n) is 5.01. The van der Waals surface area contributed by atoms with Crippen LogP contribution in [0.25, 0.3) is 11.5 Å². The molecule has 1 aliphatic heterocycles. The summed E-state index contributed by atoms with van der Waals surface area (Å²) < 4.78 is 5.30. The summed E-state index contributed by atoms with van der Waals surface area (Å²) in [6, 6.07) is 1.99. The minimum Gasteiger partial charge on any atom is -0.334 e. The van der Waals surface area contributed by atoms with Crippen LogP contribution >= 0.6 is 11.3 Å². The lowest BCUT2D eigenvalue weighted by Gasteiger charge is -2.30. The average Bonchev–Trinajstić information content (AvgIpc) is 3.09. The van der Waals surface area contributed by atoms with Crippen molar-refractivity contribution in [2.75, 3.05) is 19.6 Å². The van der Waals surface area contributed by atoms with Gasteiger partial charge in [0.15, 0.2) is 5.82 Å². The fourth-order valence-electron chi connectivity index (χ4n) is 2.51. The Labute approximate surface area is 116 Å². The molecule has 3 heterocycles. The van der Waals surface area contributed by atoms with Crippen LogP contribution in [0, 0.1) is 5.92 Å². The van der Waals surface area contributed by atoms with E-state index in [1.54, 1.807) is 11.3 Å². The highest BCUT2D eigenvalue weighted by Crippen LogP contribution is 2.21. The van der Waals surface area contributed by atoms with Gasteiger partial charge in [-0.1, -0.05) is 5.16 Å². The highest BCUT2D eigenvalue weighted by Gasteiger charge is 2.20. The smallest absolute Gasteiger partial charge is 0.258 e. The van der Waals surface area contributed by atoms with Gasteiger partial charge in [0.25, 0.3) is 5.89 Å². The van der Waals surface area contributed by atoms with Crippen LogP contribution in [0.5, 0.6) is 0 Å². The van der Waals surface area contributed by atoms with E-state index in [-0.39, 0.29) is 0 Å². The molecule has 0 saturated carbocycles. The molecule has 6 heteroatoms. The maximum Gasteiger partial charge on any atom is 0.258 e. The van der Waals surface area contributed by atoms with Gasteiger partial charge in [0.2, 0.25) is 0 Å². The molecule has 102 valence electrons. The molecule has 2 aromatic rings. The van der Waals surface area contributed by atoms with Crippen LogP contribution in [0.15, 0.2) is 21.3 Å². The first-order valence-corrected chi connectivity index (χ1v) is 7.57. The Bertz CT molecular complexity index is 510. The van der Waals surface area contributed by atoms with Crippen molar-refractivity contribution in [3.63, 3.8) is 0 Å². The van der Waals surface area contributed by atoms with E-state index in [0.717, 1.165) is 37.6 Å². The van der Waals surface area contributed by atoms with Crippen molar-refractivity contribution in [3.05, 3.63) is 22.7 Å². The molecule has 1 atom stereocenters. The van der Waals surface area contributed by atoms with Crippen molar-refractivity contribution in [3.8, 4) is 11.5 Å². The first-order valence-electron chi connectivity index (χ1n) is 6.62. The predicted octanol–water partition coefficient (Wildman–Crippen LogP) is 1.97. The number of piperidine rings is 1. The van der Waals surface area contributed by atoms with Crippen LogP contribution in [-0.4, -0.2) is 34.7 Å². The molecule has 0 bridgehead atoms. The molecule has 1 saturated heterocycles. The van der Waals surface area contributed by atoms with Gasteiger partial charge in [-0.2, -0.15) is 16.3 Å². The van der Waals surface area contributed by atoms with E-state index in [9.17, 15) is 0 Å². The first kappa shape index (κ1) is 12.8. The van der Waals surface area contributed by atoms with Gasteiger partial charge in [-0.15, -0.1) is 0 Å². The summed E-state index contributed by atoms with van der Waals surface area (Å²) in [4.78, 5) is 6.82. The summed E-state index contributed by atoms with van der Waals surface area (Å²) in [5.41, 5.74) is 6.75. The topological polar surface area (TPSA) is 68.2 Å². The zero-order chi connectivity index (χ0) is 13.1. The third-order valence-corrected chi connectivity index (χ3v) is 4.22. The Morgan fingerprint density at radius 2 is 2.47 bits per heavy atom. The molecule has 0 aromatic carbocycles. The molecule has 5 nitrogen and oxygen atoms in total. The standard InChI is InChI=1S/C13H18N4OS/c14-6-10-2-1-4-17(7-10)8-12-15-13(18-16-12)11-3-5-19-9-11/h3,5,9-10H,1-2,4,6-8,14H2. The Balaban J connectivity index is 1.64. The minimum absolute atomic E-state index is 0.608. The van der Waals surface area contributed by atoms with E-state index >= 15 is 0 Å². The lowest BCUT2D eigenvalue weighted by atomic mass is 9.98. The monoisotopic (exact) mass is 278 g/mol. The number of thiophene rings is 1. The van der Waals surface area contributed by atoms with E-state index in [2.05, 4.69) is 15.0 Å². The number of hydrogen-bond acceptors (Lipinski definition) is 6. The van der Waals surface area contributed by atoms with E-state index < -0.39 is 0 Å². The molecule has 3 rings (SSSR count). The molecule has 1 unspecified atom stereocenters. The molecule has 0 amide bonds. The van der Waals surface area contributed by atoms with Crippen LogP contribution < -0.4 is 5.73 Å². The summed E-state index contributed by atoms with van der Waals surface area (Å²) >= 11 is 1.63. The summed E-state index contributed by atoms with van der Waals surface area (Å²) in [5, 5.41) is 8.09. The lowest BCUT2D eigenvalue weighted by Crippen LogP contribution is -2.38. The van der Waals surface area contributed by atoms with E-state index in [0.29, 0.717) is 11.8 Å². The van der Waals surface area contributed by atoms with Crippen molar-refractivity contribution in [1.29, 1.82) is 0 Å². The van der Waals surface area contributed by atoms with Crippen LogP contribution in [0.3, 0.4) is 0 Å². The zero-order valence-electron chi connectivity index (χ0n) is 10.8. The summed E-state index contributed by atoms with van der Waals surface area (Å²) in [6.07, 6.45) is 2.44. The summed E-state index contributed by atoms with van der Waals surface area (Å²) in [6.45, 7) is 3.66. The molecular formula is C13H18N4OS. The fourth-order valence-corrected chi connectivity index (χ4v) is 3.14. The number of likely N-dealkylation sites (tertiary alicyclic amines) is 1. The van der Waals surface area contributed by atoms with Crippen LogP contribution in [0.1, 0.15) is 18.7 Å². The van der Waals surface area contributed by atoms with Crippen molar-refractivity contribution in [1.82, 2.24) is 15.0 Å². The van der Waals surface area contributed by atoms with Crippen molar-refractivity contribution < 1.29 is 4.52 Å². The summed E-state index contributed by atoms with van der Waals surface area (Å²) in [5.74, 6) is 1.99. The molecule has 1 fully saturated rings.